The van der Waals surface area contributed by atoms with E-state index in [1.54, 1.807) is 0 Å². The van der Waals surface area contributed by atoms with Gasteiger partial charge in [-0.1, -0.05) is 12.1 Å². The van der Waals surface area contributed by atoms with Crippen LogP contribution in [0.2, 0.25) is 0 Å². The van der Waals surface area contributed by atoms with Crippen LogP contribution in [-0.4, -0.2) is 20.6 Å². The normalized spacial score (nSPS) is 19.1. The molecule has 0 atom stereocenters. The topological polar surface area (TPSA) is 26.0 Å². The predicted molar refractivity (Wildman–Crippen MR) is 61.2 cm³/mol. The lowest BCUT2D eigenvalue weighted by atomic mass is 9.98. The second-order valence-corrected chi connectivity index (χ2v) is 4.68. The molecule has 1 aromatic carbocycles. The molecule has 1 aliphatic heterocycles. The Kier molecular flexibility index (Phi) is 2.33. The summed E-state index contributed by atoms with van der Waals surface area (Å²) in [7, 11) is 4.55. The molecule has 0 aromatic heterocycles. The molecule has 0 spiro atoms. The molecule has 0 bridgehead atoms. The monoisotopic (exact) mass is 191 g/mol. The van der Waals surface area contributed by atoms with E-state index in [1.807, 2.05) is 0 Å². The molecule has 0 saturated carbocycles. The minimum atomic E-state index is 0.646. The van der Waals surface area contributed by atoms with Gasteiger partial charge in [-0.25, -0.2) is 0 Å². The van der Waals surface area contributed by atoms with Crippen LogP contribution in [0.4, 0.5) is 5.69 Å². The summed E-state index contributed by atoms with van der Waals surface area (Å²) in [6.45, 7) is 1.88. The number of hydrogen-bond donors (Lipinski definition) is 1. The fraction of sp³-hybridized carbons (Fsp3) is 0.500. The molecular formula is C12H19N2+. The SMILES string of the molecule is C[N+]1(C)CCCc2ccc(CN)cc21. The molecule has 0 amide bonds. The summed E-state index contributed by atoms with van der Waals surface area (Å²) in [5, 5.41) is 0. The number of hydrogen-bond acceptors (Lipinski definition) is 1. The number of rotatable bonds is 1. The first-order valence-electron chi connectivity index (χ1n) is 5.29. The average Bonchev–Trinajstić information content (AvgIpc) is 2.17. The van der Waals surface area contributed by atoms with E-state index >= 15 is 0 Å². The Morgan fingerprint density at radius 2 is 2.14 bits per heavy atom. The Morgan fingerprint density at radius 3 is 2.86 bits per heavy atom. The fourth-order valence-electron chi connectivity index (χ4n) is 2.30. The lowest BCUT2D eigenvalue weighted by molar-refractivity contribution is 0.369. The van der Waals surface area contributed by atoms with E-state index in [0.29, 0.717) is 6.54 Å². The molecule has 2 N–H and O–H groups in total. The molecule has 14 heavy (non-hydrogen) atoms. The summed E-state index contributed by atoms with van der Waals surface area (Å²) in [6, 6.07) is 6.68. The number of benzene rings is 1. The summed E-state index contributed by atoms with van der Waals surface area (Å²) < 4.78 is 1.00. The van der Waals surface area contributed by atoms with Crippen molar-refractivity contribution in [3.05, 3.63) is 29.3 Å². The van der Waals surface area contributed by atoms with Gasteiger partial charge in [0.05, 0.1) is 20.6 Å². The van der Waals surface area contributed by atoms with Gasteiger partial charge in [-0.2, -0.15) is 0 Å². The second kappa shape index (κ2) is 3.37. The van der Waals surface area contributed by atoms with E-state index in [2.05, 4.69) is 32.3 Å². The molecule has 0 saturated heterocycles. The summed E-state index contributed by atoms with van der Waals surface area (Å²) >= 11 is 0. The highest BCUT2D eigenvalue weighted by Crippen LogP contribution is 2.31. The van der Waals surface area contributed by atoms with Crippen molar-refractivity contribution >= 4 is 5.69 Å². The first-order valence-corrected chi connectivity index (χ1v) is 5.29. The van der Waals surface area contributed by atoms with Gasteiger partial charge in [0, 0.05) is 24.6 Å². The standard InChI is InChI=1S/C12H19N2/c1-14(2)7-3-4-11-6-5-10(9-13)8-12(11)14/h5-6,8H,3-4,7,9,13H2,1-2H3/q+1. The zero-order valence-corrected chi connectivity index (χ0v) is 9.09. The van der Waals surface area contributed by atoms with Crippen molar-refractivity contribution < 1.29 is 0 Å². The lowest BCUT2D eigenvalue weighted by Crippen LogP contribution is -2.44. The van der Waals surface area contributed by atoms with E-state index in [9.17, 15) is 0 Å². The third-order valence-corrected chi connectivity index (χ3v) is 3.20. The minimum absolute atomic E-state index is 0.646. The fourth-order valence-corrected chi connectivity index (χ4v) is 2.30. The summed E-state index contributed by atoms with van der Waals surface area (Å²) in [5.41, 5.74) is 9.87. The largest absolute Gasteiger partial charge is 0.326 e. The highest BCUT2D eigenvalue weighted by Gasteiger charge is 2.26. The van der Waals surface area contributed by atoms with E-state index < -0.39 is 0 Å². The molecule has 2 nitrogen and oxygen atoms in total. The van der Waals surface area contributed by atoms with Crippen LogP contribution in [0, 0.1) is 0 Å². The molecule has 0 aliphatic carbocycles. The van der Waals surface area contributed by atoms with Crippen molar-refractivity contribution in [1.82, 2.24) is 4.48 Å². The van der Waals surface area contributed by atoms with Crippen molar-refractivity contribution in [1.29, 1.82) is 0 Å². The third-order valence-electron chi connectivity index (χ3n) is 3.20. The van der Waals surface area contributed by atoms with Gasteiger partial charge in [0.1, 0.15) is 5.69 Å². The van der Waals surface area contributed by atoms with Gasteiger partial charge in [0.2, 0.25) is 0 Å². The Morgan fingerprint density at radius 1 is 1.36 bits per heavy atom. The van der Waals surface area contributed by atoms with Gasteiger partial charge in [-0.05, 0) is 12.0 Å². The van der Waals surface area contributed by atoms with Crippen LogP contribution >= 0.6 is 0 Å². The maximum Gasteiger partial charge on any atom is 0.135 e. The highest BCUT2D eigenvalue weighted by atomic mass is 15.3. The van der Waals surface area contributed by atoms with Crippen molar-refractivity contribution in [3.63, 3.8) is 0 Å². The molecule has 1 aromatic rings. The molecule has 0 radical (unpaired) electrons. The highest BCUT2D eigenvalue weighted by molar-refractivity contribution is 5.53. The molecule has 2 heteroatoms. The lowest BCUT2D eigenvalue weighted by Gasteiger charge is -2.35. The summed E-state index contributed by atoms with van der Waals surface area (Å²) in [4.78, 5) is 0. The molecule has 1 heterocycles. The van der Waals surface area contributed by atoms with Gasteiger partial charge in [-0.3, -0.25) is 4.48 Å². The second-order valence-electron chi connectivity index (χ2n) is 4.68. The minimum Gasteiger partial charge on any atom is -0.326 e. The number of nitrogens with zero attached hydrogens (tertiary/aromatic N) is 1. The predicted octanol–water partition coefficient (Wildman–Crippen LogP) is 1.66. The Balaban J connectivity index is 2.49. The van der Waals surface area contributed by atoms with Crippen LogP contribution in [0.3, 0.4) is 0 Å². The van der Waals surface area contributed by atoms with Crippen LogP contribution in [0.1, 0.15) is 17.5 Å². The van der Waals surface area contributed by atoms with Crippen molar-refractivity contribution in [2.45, 2.75) is 19.4 Å². The Bertz CT molecular complexity index is 342. The van der Waals surface area contributed by atoms with Crippen LogP contribution in [0.15, 0.2) is 18.2 Å². The molecule has 76 valence electrons. The quantitative estimate of drug-likeness (QED) is 0.671. The summed E-state index contributed by atoms with van der Waals surface area (Å²) in [5.74, 6) is 0. The van der Waals surface area contributed by atoms with E-state index in [0.717, 1.165) is 4.48 Å². The smallest absolute Gasteiger partial charge is 0.135 e. The molecule has 0 fully saturated rings. The molecule has 2 rings (SSSR count). The number of fused-ring (bicyclic) bond motifs is 1. The van der Waals surface area contributed by atoms with E-state index in [-0.39, 0.29) is 0 Å². The molecule has 0 unspecified atom stereocenters. The van der Waals surface area contributed by atoms with Gasteiger partial charge in [-0.15, -0.1) is 0 Å². The van der Waals surface area contributed by atoms with Gasteiger partial charge < -0.3 is 5.73 Å². The molecule has 1 aliphatic rings. The third kappa shape index (κ3) is 1.56. The van der Waals surface area contributed by atoms with Crippen LogP contribution < -0.4 is 10.2 Å². The maximum absolute atomic E-state index is 5.66. The van der Waals surface area contributed by atoms with E-state index in [1.165, 1.54) is 36.2 Å². The average molecular weight is 191 g/mol. The van der Waals surface area contributed by atoms with Gasteiger partial charge in [0.15, 0.2) is 0 Å². The van der Waals surface area contributed by atoms with Gasteiger partial charge >= 0.3 is 0 Å². The summed E-state index contributed by atoms with van der Waals surface area (Å²) in [6.07, 6.45) is 2.52. The number of nitrogens with two attached hydrogens (primary N) is 1. The maximum atomic E-state index is 5.66. The first kappa shape index (κ1) is 9.69. The Labute approximate surface area is 85.9 Å². The first-order chi connectivity index (χ1) is 6.63. The van der Waals surface area contributed by atoms with Crippen molar-refractivity contribution in [2.75, 3.05) is 20.6 Å². The van der Waals surface area contributed by atoms with Gasteiger partial charge in [0.25, 0.3) is 0 Å². The van der Waals surface area contributed by atoms with Crippen LogP contribution in [-0.2, 0) is 13.0 Å². The van der Waals surface area contributed by atoms with Crippen LogP contribution in [0.5, 0.6) is 0 Å². The van der Waals surface area contributed by atoms with E-state index in [4.69, 9.17) is 5.73 Å². The zero-order valence-electron chi connectivity index (χ0n) is 9.09. The number of quaternary nitrogens is 1. The van der Waals surface area contributed by atoms with Crippen molar-refractivity contribution in [2.24, 2.45) is 5.73 Å². The molecular weight excluding hydrogens is 172 g/mol. The number of aryl methyl sites for hydroxylation is 1. The van der Waals surface area contributed by atoms with Crippen LogP contribution in [0.25, 0.3) is 0 Å². The Hall–Kier alpha value is -0.860. The van der Waals surface area contributed by atoms with Crippen molar-refractivity contribution in [3.8, 4) is 0 Å². The zero-order chi connectivity index (χ0) is 10.2.